The molecule has 11 heteroatoms. The van der Waals surface area contributed by atoms with Crippen molar-refractivity contribution in [3.63, 3.8) is 0 Å². The molecule has 11 nitrogen and oxygen atoms in total. The number of benzene rings is 2. The van der Waals surface area contributed by atoms with Gasteiger partial charge in [-0.15, -0.1) is 0 Å². The molecule has 0 bridgehead atoms. The number of methoxy groups -OCH3 is 2. The highest BCUT2D eigenvalue weighted by molar-refractivity contribution is 5.62. The second-order valence-electron chi connectivity index (χ2n) is 8.83. The Morgan fingerprint density at radius 3 is 2.38 bits per heavy atom. The summed E-state index contributed by atoms with van der Waals surface area (Å²) in [7, 11) is 2.94. The zero-order valence-electron chi connectivity index (χ0n) is 20.4. The Kier molecular flexibility index (Phi) is 8.55. The summed E-state index contributed by atoms with van der Waals surface area (Å²) in [5.41, 5.74) is 2.14. The summed E-state index contributed by atoms with van der Waals surface area (Å²) >= 11 is 0. The number of fused-ring (bicyclic) bond motifs is 1. The molecule has 202 valence electrons. The van der Waals surface area contributed by atoms with Crippen molar-refractivity contribution < 1.29 is 54.3 Å². The Morgan fingerprint density at radius 1 is 0.946 bits per heavy atom. The van der Waals surface area contributed by atoms with Crippen molar-refractivity contribution in [2.24, 2.45) is 0 Å². The molecule has 1 saturated heterocycles. The van der Waals surface area contributed by atoms with E-state index in [9.17, 15) is 30.6 Å². The zero-order valence-corrected chi connectivity index (χ0v) is 20.4. The SMILES string of the molecule is COc1cc(C2Oc3c(OC)cc(C=CCO)cc3C2COC2OC(CO)C(O)C(O)C2O)ccc1O. The lowest BCUT2D eigenvalue weighted by Crippen LogP contribution is -2.59. The summed E-state index contributed by atoms with van der Waals surface area (Å²) in [6.07, 6.45) is -4.38. The number of aliphatic hydroxyl groups excluding tert-OH is 5. The van der Waals surface area contributed by atoms with Gasteiger partial charge in [0.05, 0.1) is 40.0 Å². The Bertz CT molecular complexity index is 1100. The van der Waals surface area contributed by atoms with E-state index in [2.05, 4.69) is 0 Å². The standard InChI is InChI=1S/C26H32O11/c1-33-18-10-14(5-6-17(18)29)24-16(12-35-26-23(32)22(31)21(30)20(11-28)36-26)15-8-13(4-3-7-27)9-19(34-2)25(15)37-24/h3-6,8-10,16,20-24,26-32H,7,11-12H2,1-2H3. The van der Waals surface area contributed by atoms with Crippen LogP contribution in [0.3, 0.4) is 0 Å². The van der Waals surface area contributed by atoms with Crippen molar-refractivity contribution in [3.8, 4) is 23.0 Å². The van der Waals surface area contributed by atoms with Crippen LogP contribution >= 0.6 is 0 Å². The normalized spacial score (nSPS) is 29.2. The maximum absolute atomic E-state index is 10.4. The van der Waals surface area contributed by atoms with Crippen LogP contribution < -0.4 is 14.2 Å². The Balaban J connectivity index is 1.70. The van der Waals surface area contributed by atoms with Crippen molar-refractivity contribution in [2.75, 3.05) is 34.0 Å². The predicted octanol–water partition coefficient (Wildman–Crippen LogP) is 0.449. The van der Waals surface area contributed by atoms with Gasteiger partial charge in [-0.2, -0.15) is 0 Å². The smallest absolute Gasteiger partial charge is 0.186 e. The summed E-state index contributed by atoms with van der Waals surface area (Å²) < 4.78 is 28.5. The molecule has 2 heterocycles. The van der Waals surface area contributed by atoms with E-state index >= 15 is 0 Å². The van der Waals surface area contributed by atoms with E-state index in [0.717, 1.165) is 11.1 Å². The van der Waals surface area contributed by atoms with Gasteiger partial charge < -0.3 is 54.3 Å². The molecule has 0 saturated carbocycles. The topological polar surface area (TPSA) is 168 Å². The molecule has 2 aliphatic rings. The van der Waals surface area contributed by atoms with E-state index in [0.29, 0.717) is 17.1 Å². The molecular weight excluding hydrogens is 488 g/mol. The van der Waals surface area contributed by atoms with Crippen molar-refractivity contribution >= 4 is 6.08 Å². The van der Waals surface area contributed by atoms with E-state index in [1.807, 2.05) is 6.07 Å². The Hall–Kier alpha value is -2.90. The fraction of sp³-hybridized carbons (Fsp3) is 0.462. The number of ether oxygens (including phenoxy) is 5. The van der Waals surface area contributed by atoms with Crippen molar-refractivity contribution in [2.45, 2.75) is 42.7 Å². The van der Waals surface area contributed by atoms with Gasteiger partial charge in [-0.05, 0) is 35.4 Å². The number of phenols is 1. The first kappa shape index (κ1) is 27.1. The van der Waals surface area contributed by atoms with Crippen molar-refractivity contribution in [1.82, 2.24) is 0 Å². The third kappa shape index (κ3) is 5.39. The van der Waals surface area contributed by atoms with Crippen LogP contribution in [0, 0.1) is 0 Å². The van der Waals surface area contributed by atoms with Crippen LogP contribution in [0.15, 0.2) is 36.4 Å². The van der Waals surface area contributed by atoms with Gasteiger partial charge in [0, 0.05) is 5.56 Å². The van der Waals surface area contributed by atoms with Crippen molar-refractivity contribution in [3.05, 3.63) is 53.1 Å². The van der Waals surface area contributed by atoms with Gasteiger partial charge >= 0.3 is 0 Å². The van der Waals surface area contributed by atoms with Gasteiger partial charge in [0.2, 0.25) is 0 Å². The summed E-state index contributed by atoms with van der Waals surface area (Å²) in [6, 6.07) is 8.45. The first-order chi connectivity index (χ1) is 17.8. The highest BCUT2D eigenvalue weighted by Gasteiger charge is 2.45. The molecule has 2 aromatic carbocycles. The summed E-state index contributed by atoms with van der Waals surface area (Å²) in [6.45, 7) is -0.775. The Morgan fingerprint density at radius 2 is 1.70 bits per heavy atom. The van der Waals surface area contributed by atoms with Gasteiger partial charge in [0.15, 0.2) is 29.3 Å². The van der Waals surface area contributed by atoms with E-state index in [1.54, 1.807) is 30.4 Å². The van der Waals surface area contributed by atoms with E-state index in [-0.39, 0.29) is 24.7 Å². The molecule has 1 fully saturated rings. The predicted molar refractivity (Wildman–Crippen MR) is 130 cm³/mol. The van der Waals surface area contributed by atoms with Crippen LogP contribution in [0.25, 0.3) is 6.08 Å². The number of hydrogen-bond acceptors (Lipinski definition) is 11. The molecule has 7 atom stereocenters. The molecule has 2 aromatic rings. The number of aliphatic hydroxyl groups is 5. The number of rotatable bonds is 9. The van der Waals surface area contributed by atoms with Crippen LogP contribution in [0.1, 0.15) is 28.7 Å². The van der Waals surface area contributed by atoms with Crippen LogP contribution in [-0.4, -0.2) is 95.4 Å². The monoisotopic (exact) mass is 520 g/mol. The average molecular weight is 521 g/mol. The maximum atomic E-state index is 10.4. The number of hydrogen-bond donors (Lipinski definition) is 6. The van der Waals surface area contributed by atoms with Gasteiger partial charge in [-0.1, -0.05) is 18.2 Å². The van der Waals surface area contributed by atoms with Crippen LogP contribution in [0.5, 0.6) is 23.0 Å². The largest absolute Gasteiger partial charge is 0.504 e. The van der Waals surface area contributed by atoms with Crippen molar-refractivity contribution in [1.29, 1.82) is 0 Å². The average Bonchev–Trinajstić information content (AvgIpc) is 3.28. The summed E-state index contributed by atoms with van der Waals surface area (Å²) in [5.74, 6) is 0.673. The number of phenolic OH excluding ortho intramolecular Hbond substituents is 1. The molecular formula is C26H32O11. The van der Waals surface area contributed by atoms with E-state index < -0.39 is 49.3 Å². The first-order valence-electron chi connectivity index (χ1n) is 11.8. The fourth-order valence-electron chi connectivity index (χ4n) is 4.61. The van der Waals surface area contributed by atoms with E-state index in [4.69, 9.17) is 23.7 Å². The summed E-state index contributed by atoms with van der Waals surface area (Å²) in [4.78, 5) is 0. The zero-order chi connectivity index (χ0) is 26.7. The highest BCUT2D eigenvalue weighted by Crippen LogP contribution is 2.52. The van der Waals surface area contributed by atoms with Gasteiger partial charge in [0.1, 0.15) is 30.5 Å². The molecule has 37 heavy (non-hydrogen) atoms. The molecule has 0 aromatic heterocycles. The molecule has 0 amide bonds. The number of aromatic hydroxyl groups is 1. The summed E-state index contributed by atoms with van der Waals surface area (Å²) in [5, 5.41) is 59.4. The molecule has 2 aliphatic heterocycles. The second kappa shape index (κ2) is 11.7. The lowest BCUT2D eigenvalue weighted by atomic mass is 9.90. The molecule has 0 spiro atoms. The molecule has 4 rings (SSSR count). The quantitative estimate of drug-likeness (QED) is 0.272. The molecule has 0 radical (unpaired) electrons. The minimum atomic E-state index is -1.57. The van der Waals surface area contributed by atoms with Crippen LogP contribution in [0.2, 0.25) is 0 Å². The molecule has 6 N–H and O–H groups in total. The lowest BCUT2D eigenvalue weighted by Gasteiger charge is -2.40. The minimum absolute atomic E-state index is 0.0371. The maximum Gasteiger partial charge on any atom is 0.186 e. The van der Waals surface area contributed by atoms with Crippen LogP contribution in [-0.2, 0) is 9.47 Å². The highest BCUT2D eigenvalue weighted by atomic mass is 16.7. The lowest BCUT2D eigenvalue weighted by molar-refractivity contribution is -0.302. The first-order valence-corrected chi connectivity index (χ1v) is 11.8. The van der Waals surface area contributed by atoms with Gasteiger partial charge in [-0.25, -0.2) is 0 Å². The minimum Gasteiger partial charge on any atom is -0.504 e. The second-order valence-corrected chi connectivity index (χ2v) is 8.83. The van der Waals surface area contributed by atoms with Gasteiger partial charge in [0.25, 0.3) is 0 Å². The van der Waals surface area contributed by atoms with Crippen LogP contribution in [0.4, 0.5) is 0 Å². The fourth-order valence-corrected chi connectivity index (χ4v) is 4.61. The Labute approximate surface area is 213 Å². The molecule has 0 aliphatic carbocycles. The third-order valence-corrected chi connectivity index (χ3v) is 6.57. The van der Waals surface area contributed by atoms with Gasteiger partial charge in [-0.3, -0.25) is 0 Å². The third-order valence-electron chi connectivity index (χ3n) is 6.57. The molecule has 7 unspecified atom stereocenters. The van der Waals surface area contributed by atoms with E-state index in [1.165, 1.54) is 20.3 Å².